The Kier molecular flexibility index (Phi) is 2.44. The summed E-state index contributed by atoms with van der Waals surface area (Å²) in [5.74, 6) is 0.945. The van der Waals surface area contributed by atoms with Crippen LogP contribution >= 0.6 is 0 Å². The molecule has 0 atom stereocenters. The van der Waals surface area contributed by atoms with Gasteiger partial charge in [0.15, 0.2) is 11.5 Å². The first-order valence-electron chi connectivity index (χ1n) is 5.44. The van der Waals surface area contributed by atoms with E-state index in [1.54, 1.807) is 18.2 Å². The highest BCUT2D eigenvalue weighted by Gasteiger charge is 2.13. The average molecular weight is 246 g/mol. The molecule has 1 heterocycles. The molecule has 0 aliphatic carbocycles. The Morgan fingerprint density at radius 1 is 1.00 bits per heavy atom. The summed E-state index contributed by atoms with van der Waals surface area (Å²) in [6, 6.07) is 10.0. The minimum atomic E-state index is -0.444. The number of benzene rings is 2. The second-order valence-electron chi connectivity index (χ2n) is 3.93. The zero-order valence-corrected chi connectivity index (χ0v) is 9.44. The minimum absolute atomic E-state index is 0.131. The monoisotopic (exact) mass is 246 g/mol. The molecule has 3 N–H and O–H groups in total. The molecular weight excluding hydrogens is 235 g/mol. The molecule has 0 saturated heterocycles. The number of ether oxygens (including phenoxy) is 2. The number of nitrogens with one attached hydrogen (secondary N) is 1. The molecule has 0 unspecified atom stereocenters. The molecule has 0 bridgehead atoms. The van der Waals surface area contributed by atoms with Crippen molar-refractivity contribution in [1.82, 2.24) is 0 Å². The molecule has 5 heteroatoms. The van der Waals surface area contributed by atoms with E-state index in [4.69, 9.17) is 15.2 Å². The SMILES string of the molecule is Nc1ccc(Nc2ccc3c(c2)OCO3)cc1F. The van der Waals surface area contributed by atoms with Crippen LogP contribution in [-0.2, 0) is 0 Å². The van der Waals surface area contributed by atoms with Crippen molar-refractivity contribution in [2.75, 3.05) is 17.8 Å². The molecule has 3 rings (SSSR count). The summed E-state index contributed by atoms with van der Waals surface area (Å²) in [5, 5.41) is 3.07. The Hall–Kier alpha value is -2.43. The zero-order valence-electron chi connectivity index (χ0n) is 9.44. The first-order chi connectivity index (χ1) is 8.72. The summed E-state index contributed by atoms with van der Waals surface area (Å²) >= 11 is 0. The van der Waals surface area contributed by atoms with Crippen molar-refractivity contribution in [3.63, 3.8) is 0 Å². The fourth-order valence-corrected chi connectivity index (χ4v) is 1.75. The number of hydrogen-bond acceptors (Lipinski definition) is 4. The van der Waals surface area contributed by atoms with Crippen LogP contribution in [0.1, 0.15) is 0 Å². The Balaban J connectivity index is 1.85. The highest BCUT2D eigenvalue weighted by atomic mass is 19.1. The Morgan fingerprint density at radius 2 is 1.72 bits per heavy atom. The van der Waals surface area contributed by atoms with Gasteiger partial charge in [0.1, 0.15) is 5.82 Å². The molecule has 1 aliphatic heterocycles. The standard InChI is InChI=1S/C13H11FN2O2/c14-10-5-8(1-3-11(10)15)16-9-2-4-12-13(6-9)18-7-17-12/h1-6,16H,7,15H2. The number of halogens is 1. The number of nitrogen functional groups attached to an aromatic ring is 1. The molecule has 0 fully saturated rings. The predicted molar refractivity (Wildman–Crippen MR) is 66.7 cm³/mol. The van der Waals surface area contributed by atoms with Crippen LogP contribution < -0.4 is 20.5 Å². The van der Waals surface area contributed by atoms with Gasteiger partial charge in [-0.1, -0.05) is 0 Å². The third-order valence-corrected chi connectivity index (χ3v) is 2.66. The van der Waals surface area contributed by atoms with E-state index in [1.165, 1.54) is 12.1 Å². The van der Waals surface area contributed by atoms with Gasteiger partial charge >= 0.3 is 0 Å². The molecule has 18 heavy (non-hydrogen) atoms. The van der Waals surface area contributed by atoms with Gasteiger partial charge in [-0.25, -0.2) is 4.39 Å². The van der Waals surface area contributed by atoms with Gasteiger partial charge in [0, 0.05) is 17.4 Å². The van der Waals surface area contributed by atoms with Crippen LogP contribution in [0.15, 0.2) is 36.4 Å². The number of nitrogens with two attached hydrogens (primary N) is 1. The fraction of sp³-hybridized carbons (Fsp3) is 0.0769. The Labute approximate surface area is 103 Å². The van der Waals surface area contributed by atoms with Gasteiger partial charge in [-0.3, -0.25) is 0 Å². The second-order valence-corrected chi connectivity index (χ2v) is 3.93. The molecule has 0 radical (unpaired) electrons. The molecule has 0 aromatic heterocycles. The highest BCUT2D eigenvalue weighted by Crippen LogP contribution is 2.35. The maximum absolute atomic E-state index is 13.3. The molecule has 1 aliphatic rings. The van der Waals surface area contributed by atoms with Crippen LogP contribution in [0.2, 0.25) is 0 Å². The minimum Gasteiger partial charge on any atom is -0.454 e. The lowest BCUT2D eigenvalue weighted by atomic mass is 10.2. The first kappa shape index (κ1) is 10.7. The highest BCUT2D eigenvalue weighted by molar-refractivity contribution is 5.65. The molecule has 2 aromatic carbocycles. The summed E-state index contributed by atoms with van der Waals surface area (Å²) in [6.45, 7) is 0.231. The lowest BCUT2D eigenvalue weighted by Gasteiger charge is -2.08. The van der Waals surface area contributed by atoms with Crippen molar-refractivity contribution < 1.29 is 13.9 Å². The van der Waals surface area contributed by atoms with Crippen molar-refractivity contribution >= 4 is 17.1 Å². The van der Waals surface area contributed by atoms with Gasteiger partial charge in [0.05, 0.1) is 5.69 Å². The third kappa shape index (κ3) is 1.90. The summed E-state index contributed by atoms with van der Waals surface area (Å²) in [6.07, 6.45) is 0. The predicted octanol–water partition coefficient (Wildman–Crippen LogP) is 2.88. The molecule has 92 valence electrons. The van der Waals surface area contributed by atoms with Gasteiger partial charge in [-0.05, 0) is 30.3 Å². The third-order valence-electron chi connectivity index (χ3n) is 2.66. The van der Waals surface area contributed by atoms with Gasteiger partial charge in [0.2, 0.25) is 6.79 Å². The van der Waals surface area contributed by atoms with Crippen LogP contribution in [0.3, 0.4) is 0 Å². The van der Waals surface area contributed by atoms with E-state index >= 15 is 0 Å². The normalized spacial score (nSPS) is 12.5. The number of rotatable bonds is 2. The first-order valence-corrected chi connectivity index (χ1v) is 5.44. The van der Waals surface area contributed by atoms with Crippen LogP contribution in [0, 0.1) is 5.82 Å². The number of hydrogen-bond donors (Lipinski definition) is 2. The van der Waals surface area contributed by atoms with Crippen molar-refractivity contribution in [2.45, 2.75) is 0 Å². The van der Waals surface area contributed by atoms with E-state index in [2.05, 4.69) is 5.32 Å². The fourth-order valence-electron chi connectivity index (χ4n) is 1.75. The Bertz CT molecular complexity index is 602. The lowest BCUT2D eigenvalue weighted by molar-refractivity contribution is 0.174. The second kappa shape index (κ2) is 4.10. The van der Waals surface area contributed by atoms with E-state index in [1.807, 2.05) is 6.07 Å². The molecule has 2 aromatic rings. The summed E-state index contributed by atoms with van der Waals surface area (Å²) in [7, 11) is 0. The molecule has 0 amide bonds. The van der Waals surface area contributed by atoms with Crippen LogP contribution in [0.25, 0.3) is 0 Å². The van der Waals surface area contributed by atoms with Crippen LogP contribution in [0.4, 0.5) is 21.5 Å². The van der Waals surface area contributed by atoms with E-state index in [0.717, 1.165) is 5.69 Å². The molecule has 0 saturated carbocycles. The van der Waals surface area contributed by atoms with Crippen LogP contribution in [-0.4, -0.2) is 6.79 Å². The van der Waals surface area contributed by atoms with Crippen LogP contribution in [0.5, 0.6) is 11.5 Å². The van der Waals surface area contributed by atoms with E-state index in [9.17, 15) is 4.39 Å². The van der Waals surface area contributed by atoms with Crippen molar-refractivity contribution in [3.05, 3.63) is 42.2 Å². The molecule has 4 nitrogen and oxygen atoms in total. The number of anilines is 3. The smallest absolute Gasteiger partial charge is 0.231 e. The van der Waals surface area contributed by atoms with Gasteiger partial charge < -0.3 is 20.5 Å². The van der Waals surface area contributed by atoms with Crippen molar-refractivity contribution in [2.24, 2.45) is 0 Å². The van der Waals surface area contributed by atoms with E-state index < -0.39 is 5.82 Å². The van der Waals surface area contributed by atoms with Gasteiger partial charge in [-0.2, -0.15) is 0 Å². The van der Waals surface area contributed by atoms with Gasteiger partial charge in [0.25, 0.3) is 0 Å². The van der Waals surface area contributed by atoms with Crippen molar-refractivity contribution in [1.29, 1.82) is 0 Å². The summed E-state index contributed by atoms with van der Waals surface area (Å²) < 4.78 is 23.8. The lowest BCUT2D eigenvalue weighted by Crippen LogP contribution is -1.94. The number of fused-ring (bicyclic) bond motifs is 1. The maximum Gasteiger partial charge on any atom is 0.231 e. The maximum atomic E-state index is 13.3. The van der Waals surface area contributed by atoms with E-state index in [-0.39, 0.29) is 12.5 Å². The van der Waals surface area contributed by atoms with Crippen molar-refractivity contribution in [3.8, 4) is 11.5 Å². The zero-order chi connectivity index (χ0) is 12.5. The Morgan fingerprint density at radius 3 is 2.56 bits per heavy atom. The topological polar surface area (TPSA) is 56.5 Å². The largest absolute Gasteiger partial charge is 0.454 e. The summed E-state index contributed by atoms with van der Waals surface area (Å²) in [4.78, 5) is 0. The molecular formula is C13H11FN2O2. The van der Waals surface area contributed by atoms with E-state index in [0.29, 0.717) is 17.2 Å². The quantitative estimate of drug-likeness (QED) is 0.800. The average Bonchev–Trinajstić information content (AvgIpc) is 2.81. The van der Waals surface area contributed by atoms with Gasteiger partial charge in [-0.15, -0.1) is 0 Å². The molecule has 0 spiro atoms. The summed E-state index contributed by atoms with van der Waals surface area (Å²) in [5.41, 5.74) is 6.97.